The minimum Gasteiger partial charge on any atom is -0.377 e. The Balaban J connectivity index is 1.66. The average Bonchev–Trinajstić information content (AvgIpc) is 2.86. The second-order valence-electron chi connectivity index (χ2n) is 6.20. The molecule has 0 aliphatic carbocycles. The highest BCUT2D eigenvalue weighted by atomic mass is 16.5. The molecule has 2 N–H and O–H groups in total. The van der Waals surface area contributed by atoms with Crippen molar-refractivity contribution in [2.45, 2.75) is 24.9 Å². The summed E-state index contributed by atoms with van der Waals surface area (Å²) in [7, 11) is 2.00. The van der Waals surface area contributed by atoms with Gasteiger partial charge in [0.2, 0.25) is 0 Å². The van der Waals surface area contributed by atoms with Crippen molar-refractivity contribution in [2.24, 2.45) is 0 Å². The molecule has 1 saturated heterocycles. The van der Waals surface area contributed by atoms with Crippen LogP contribution < -0.4 is 10.7 Å². The molecule has 3 heterocycles. The van der Waals surface area contributed by atoms with Gasteiger partial charge in [0.1, 0.15) is 5.60 Å². The minimum atomic E-state index is -0.381. The van der Waals surface area contributed by atoms with Crippen LogP contribution in [0.4, 0.5) is 0 Å². The molecule has 6 nitrogen and oxygen atoms in total. The van der Waals surface area contributed by atoms with Crippen LogP contribution in [0.15, 0.2) is 22.9 Å². The van der Waals surface area contributed by atoms with E-state index in [2.05, 4.69) is 16.8 Å². The monoisotopic (exact) mass is 307 g/mol. The van der Waals surface area contributed by atoms with Crippen molar-refractivity contribution >= 4 is 6.29 Å². The average molecular weight is 307 g/mol. The van der Waals surface area contributed by atoms with Crippen LogP contribution in [-0.2, 0) is 14.3 Å². The van der Waals surface area contributed by atoms with Gasteiger partial charge in [0, 0.05) is 19.2 Å². The van der Waals surface area contributed by atoms with Gasteiger partial charge >= 0.3 is 0 Å². The maximum absolute atomic E-state index is 11.6. The standard InChI is InChI=1S/C16H25N3O3/c1-19(10-13-2-8-21-9-3-13)18-15-12-22-16(14(15)11-20)4-6-17-7-5-16/h2,11,17-18H,3-10,12H2,1H3. The van der Waals surface area contributed by atoms with E-state index in [9.17, 15) is 4.79 Å². The molecule has 0 unspecified atom stereocenters. The fraction of sp³-hybridized carbons (Fsp3) is 0.688. The fourth-order valence-corrected chi connectivity index (χ4v) is 3.44. The number of likely N-dealkylation sites (N-methyl/N-ethyl adjacent to an activating group) is 1. The van der Waals surface area contributed by atoms with Gasteiger partial charge in [0.05, 0.1) is 25.5 Å². The van der Waals surface area contributed by atoms with E-state index in [0.717, 1.165) is 63.1 Å². The lowest BCUT2D eigenvalue weighted by atomic mass is 9.85. The first kappa shape index (κ1) is 15.7. The third-order valence-corrected chi connectivity index (χ3v) is 4.66. The van der Waals surface area contributed by atoms with Crippen LogP contribution in [0.3, 0.4) is 0 Å². The van der Waals surface area contributed by atoms with Crippen molar-refractivity contribution < 1.29 is 14.3 Å². The summed E-state index contributed by atoms with van der Waals surface area (Å²) >= 11 is 0. The summed E-state index contributed by atoms with van der Waals surface area (Å²) in [4.78, 5) is 11.6. The Labute approximate surface area is 131 Å². The SMILES string of the molecule is CN(CC1=CCOCC1)NC1=C(C=O)C2(CCNCC2)OC1. The van der Waals surface area contributed by atoms with Gasteiger partial charge in [-0.1, -0.05) is 11.6 Å². The van der Waals surface area contributed by atoms with E-state index >= 15 is 0 Å². The number of nitrogens with zero attached hydrogens (tertiary/aromatic N) is 1. The number of rotatable bonds is 5. The molecule has 3 aliphatic rings. The summed E-state index contributed by atoms with van der Waals surface area (Å²) in [5.41, 5.74) is 6.04. The lowest BCUT2D eigenvalue weighted by molar-refractivity contribution is -0.107. The number of aldehydes is 1. The summed E-state index contributed by atoms with van der Waals surface area (Å²) in [6, 6.07) is 0. The van der Waals surface area contributed by atoms with Crippen molar-refractivity contribution in [3.05, 3.63) is 22.9 Å². The Morgan fingerprint density at radius 3 is 2.95 bits per heavy atom. The van der Waals surface area contributed by atoms with Gasteiger partial charge in [0.15, 0.2) is 6.29 Å². The van der Waals surface area contributed by atoms with Gasteiger partial charge in [-0.05, 0) is 32.4 Å². The Hall–Kier alpha value is -1.21. The van der Waals surface area contributed by atoms with Gasteiger partial charge in [-0.3, -0.25) is 4.79 Å². The number of carbonyl (C=O) groups excluding carboxylic acids is 1. The molecular formula is C16H25N3O3. The molecule has 1 spiro atoms. The fourth-order valence-electron chi connectivity index (χ4n) is 3.44. The Morgan fingerprint density at radius 2 is 2.27 bits per heavy atom. The maximum Gasteiger partial charge on any atom is 0.150 e. The summed E-state index contributed by atoms with van der Waals surface area (Å²) in [5.74, 6) is 0. The summed E-state index contributed by atoms with van der Waals surface area (Å²) in [6.45, 7) is 4.60. The van der Waals surface area contributed by atoms with Crippen LogP contribution in [0.25, 0.3) is 0 Å². The summed E-state index contributed by atoms with van der Waals surface area (Å²) in [6.07, 6.45) is 5.80. The molecular weight excluding hydrogens is 282 g/mol. The van der Waals surface area contributed by atoms with E-state index in [1.807, 2.05) is 12.1 Å². The molecule has 0 amide bonds. The van der Waals surface area contributed by atoms with E-state index in [4.69, 9.17) is 9.47 Å². The Bertz CT molecular complexity index is 481. The number of piperidine rings is 1. The van der Waals surface area contributed by atoms with Gasteiger partial charge < -0.3 is 20.2 Å². The van der Waals surface area contributed by atoms with Crippen molar-refractivity contribution in [3.63, 3.8) is 0 Å². The van der Waals surface area contributed by atoms with E-state index in [0.29, 0.717) is 13.2 Å². The van der Waals surface area contributed by atoms with E-state index in [1.165, 1.54) is 5.57 Å². The normalized spacial score (nSPS) is 24.7. The second kappa shape index (κ2) is 6.91. The van der Waals surface area contributed by atoms with E-state index in [1.54, 1.807) is 0 Å². The van der Waals surface area contributed by atoms with Crippen molar-refractivity contribution in [2.75, 3.05) is 46.5 Å². The maximum atomic E-state index is 11.6. The molecule has 22 heavy (non-hydrogen) atoms. The quantitative estimate of drug-likeness (QED) is 0.435. The third kappa shape index (κ3) is 3.25. The molecule has 0 saturated carbocycles. The predicted molar refractivity (Wildman–Crippen MR) is 83.2 cm³/mol. The van der Waals surface area contributed by atoms with Crippen LogP contribution in [0, 0.1) is 0 Å². The Morgan fingerprint density at radius 1 is 1.45 bits per heavy atom. The third-order valence-electron chi connectivity index (χ3n) is 4.66. The van der Waals surface area contributed by atoms with Crippen LogP contribution in [0.1, 0.15) is 19.3 Å². The van der Waals surface area contributed by atoms with Gasteiger partial charge in [-0.2, -0.15) is 0 Å². The number of hydrazine groups is 1. The smallest absolute Gasteiger partial charge is 0.150 e. The summed E-state index contributed by atoms with van der Waals surface area (Å²) in [5, 5.41) is 5.35. The van der Waals surface area contributed by atoms with Crippen LogP contribution in [-0.4, -0.2) is 63.4 Å². The molecule has 0 atom stereocenters. The largest absolute Gasteiger partial charge is 0.377 e. The summed E-state index contributed by atoms with van der Waals surface area (Å²) < 4.78 is 11.3. The number of hydrogen-bond donors (Lipinski definition) is 2. The van der Waals surface area contributed by atoms with Crippen molar-refractivity contribution in [1.82, 2.24) is 15.8 Å². The number of carbonyl (C=O) groups is 1. The molecule has 3 aliphatic heterocycles. The van der Waals surface area contributed by atoms with Gasteiger partial charge in [-0.25, -0.2) is 5.01 Å². The highest BCUT2D eigenvalue weighted by molar-refractivity contribution is 5.78. The number of hydrogen-bond acceptors (Lipinski definition) is 6. The van der Waals surface area contributed by atoms with E-state index in [-0.39, 0.29) is 5.60 Å². The highest BCUT2D eigenvalue weighted by Crippen LogP contribution is 2.36. The zero-order valence-electron chi connectivity index (χ0n) is 13.2. The topological polar surface area (TPSA) is 62.8 Å². The van der Waals surface area contributed by atoms with Crippen molar-refractivity contribution in [3.8, 4) is 0 Å². The molecule has 122 valence electrons. The van der Waals surface area contributed by atoms with Crippen LogP contribution >= 0.6 is 0 Å². The van der Waals surface area contributed by atoms with Crippen LogP contribution in [0.2, 0.25) is 0 Å². The first-order valence-corrected chi connectivity index (χ1v) is 8.00. The molecule has 3 rings (SSSR count). The van der Waals surface area contributed by atoms with Gasteiger partial charge in [-0.15, -0.1) is 0 Å². The second-order valence-corrected chi connectivity index (χ2v) is 6.20. The lowest BCUT2D eigenvalue weighted by Gasteiger charge is -2.33. The predicted octanol–water partition coefficient (Wildman–Crippen LogP) is 0.375. The van der Waals surface area contributed by atoms with E-state index < -0.39 is 0 Å². The first-order chi connectivity index (χ1) is 10.7. The zero-order chi connectivity index (χ0) is 15.4. The Kier molecular flexibility index (Phi) is 4.93. The van der Waals surface area contributed by atoms with Gasteiger partial charge in [0.25, 0.3) is 0 Å². The number of nitrogens with one attached hydrogen (secondary N) is 2. The molecule has 0 aromatic rings. The lowest BCUT2D eigenvalue weighted by Crippen LogP contribution is -2.44. The first-order valence-electron chi connectivity index (χ1n) is 8.00. The minimum absolute atomic E-state index is 0.381. The van der Waals surface area contributed by atoms with Crippen molar-refractivity contribution in [1.29, 1.82) is 0 Å². The molecule has 0 aromatic carbocycles. The zero-order valence-corrected chi connectivity index (χ0v) is 13.2. The van der Waals surface area contributed by atoms with Crippen LogP contribution in [0.5, 0.6) is 0 Å². The highest BCUT2D eigenvalue weighted by Gasteiger charge is 2.43. The molecule has 0 bridgehead atoms. The molecule has 0 aromatic heterocycles. The molecule has 6 heteroatoms. The molecule has 0 radical (unpaired) electrons. The molecule has 1 fully saturated rings. The number of ether oxygens (including phenoxy) is 2.